The van der Waals surface area contributed by atoms with Gasteiger partial charge >= 0.3 is 6.09 Å². The monoisotopic (exact) mass is 477 g/mol. The number of benzene rings is 2. The molecule has 33 heavy (non-hydrogen) atoms. The van der Waals surface area contributed by atoms with Gasteiger partial charge in [-0.2, -0.15) is 0 Å². The molecule has 0 bridgehead atoms. The largest absolute Gasteiger partial charge is 0.495 e. The number of ether oxygens (including phenoxy) is 2. The molecular weight excluding hydrogens is 446 g/mol. The highest BCUT2D eigenvalue weighted by molar-refractivity contribution is 7.89. The average Bonchev–Trinajstić information content (AvgIpc) is 2.72. The second-order valence-electron chi connectivity index (χ2n) is 8.45. The van der Waals surface area contributed by atoms with Gasteiger partial charge < -0.3 is 14.8 Å². The molecule has 0 heterocycles. The molecule has 2 aromatic rings. The van der Waals surface area contributed by atoms with Gasteiger partial charge in [-0.1, -0.05) is 6.92 Å². The fourth-order valence-corrected chi connectivity index (χ4v) is 4.03. The topological polar surface area (TPSA) is 123 Å². The lowest BCUT2D eigenvalue weighted by atomic mass is 10.2. The summed E-state index contributed by atoms with van der Waals surface area (Å²) in [7, 11) is -2.20. The predicted octanol–water partition coefficient (Wildman–Crippen LogP) is 4.37. The van der Waals surface area contributed by atoms with Gasteiger partial charge in [-0.05, 0) is 76.6 Å². The molecule has 0 radical (unpaired) electrons. The number of nitrogens with one attached hydrogen (secondary N) is 3. The summed E-state index contributed by atoms with van der Waals surface area (Å²) >= 11 is 0. The van der Waals surface area contributed by atoms with Gasteiger partial charge in [0.2, 0.25) is 10.0 Å². The second kappa shape index (κ2) is 10.7. The summed E-state index contributed by atoms with van der Waals surface area (Å²) in [4.78, 5) is 24.9. The maximum absolute atomic E-state index is 12.7. The Kier molecular flexibility index (Phi) is 8.45. The van der Waals surface area contributed by atoms with Gasteiger partial charge in [-0.15, -0.1) is 0 Å². The quantitative estimate of drug-likeness (QED) is 0.519. The van der Waals surface area contributed by atoms with Gasteiger partial charge in [-0.3, -0.25) is 10.1 Å². The van der Waals surface area contributed by atoms with Gasteiger partial charge in [0.05, 0.1) is 17.7 Å². The smallest absolute Gasteiger partial charge is 0.412 e. The number of sulfonamides is 1. The molecule has 0 fully saturated rings. The van der Waals surface area contributed by atoms with Crippen LogP contribution in [0.1, 0.15) is 51.4 Å². The van der Waals surface area contributed by atoms with Gasteiger partial charge in [-0.25, -0.2) is 17.9 Å². The molecular formula is C23H31N3O6S. The molecule has 0 saturated heterocycles. The van der Waals surface area contributed by atoms with Crippen LogP contribution in [0.15, 0.2) is 47.4 Å². The second-order valence-corrected chi connectivity index (χ2v) is 10.2. The van der Waals surface area contributed by atoms with Crippen molar-refractivity contribution in [2.24, 2.45) is 0 Å². The highest BCUT2D eigenvalue weighted by Crippen LogP contribution is 2.28. The van der Waals surface area contributed by atoms with Crippen LogP contribution in [0.25, 0.3) is 0 Å². The summed E-state index contributed by atoms with van der Waals surface area (Å²) in [5, 5.41) is 5.32. The van der Waals surface area contributed by atoms with E-state index in [1.54, 1.807) is 39.8 Å². The van der Waals surface area contributed by atoms with Gasteiger partial charge in [0.15, 0.2) is 0 Å². The molecule has 0 saturated carbocycles. The highest BCUT2D eigenvalue weighted by atomic mass is 32.2. The first-order valence-electron chi connectivity index (χ1n) is 10.5. The SMILES string of the molecule is CCC(C)NS(=O)(=O)c1ccc(C(=O)Nc2ccc(OC)c(NC(=O)OC(C)(C)C)c2)cc1. The zero-order valence-corrected chi connectivity index (χ0v) is 20.5. The molecule has 3 N–H and O–H groups in total. The lowest BCUT2D eigenvalue weighted by Gasteiger charge is -2.20. The Labute approximate surface area is 194 Å². The van der Waals surface area contributed by atoms with Crippen molar-refractivity contribution in [2.75, 3.05) is 17.7 Å². The molecule has 0 aliphatic carbocycles. The summed E-state index contributed by atoms with van der Waals surface area (Å²) in [5.41, 5.74) is 0.325. The van der Waals surface area contributed by atoms with Crippen molar-refractivity contribution in [1.82, 2.24) is 4.72 Å². The van der Waals surface area contributed by atoms with Crippen molar-refractivity contribution >= 4 is 33.4 Å². The zero-order chi connectivity index (χ0) is 24.8. The molecule has 0 aliphatic rings. The lowest BCUT2D eigenvalue weighted by Crippen LogP contribution is -2.32. The van der Waals surface area contributed by atoms with Crippen molar-refractivity contribution in [3.63, 3.8) is 0 Å². The maximum atomic E-state index is 12.7. The van der Waals surface area contributed by atoms with Crippen LogP contribution in [0.5, 0.6) is 5.75 Å². The lowest BCUT2D eigenvalue weighted by molar-refractivity contribution is 0.0635. The first-order chi connectivity index (χ1) is 15.3. The Morgan fingerprint density at radius 3 is 2.21 bits per heavy atom. The Hall–Kier alpha value is -3.11. The minimum Gasteiger partial charge on any atom is -0.495 e. The van der Waals surface area contributed by atoms with Crippen molar-refractivity contribution in [3.8, 4) is 5.75 Å². The van der Waals surface area contributed by atoms with Crippen LogP contribution in [-0.4, -0.2) is 39.2 Å². The van der Waals surface area contributed by atoms with Crippen LogP contribution in [0.3, 0.4) is 0 Å². The molecule has 1 atom stereocenters. The molecule has 2 rings (SSSR count). The van der Waals surface area contributed by atoms with Crippen LogP contribution in [-0.2, 0) is 14.8 Å². The number of methoxy groups -OCH3 is 1. The Morgan fingerprint density at radius 2 is 1.67 bits per heavy atom. The van der Waals surface area contributed by atoms with E-state index in [2.05, 4.69) is 15.4 Å². The fourth-order valence-electron chi connectivity index (χ4n) is 2.70. The van der Waals surface area contributed by atoms with E-state index in [0.29, 0.717) is 23.5 Å². The normalized spacial score (nSPS) is 12.5. The summed E-state index contributed by atoms with van der Waals surface area (Å²) in [6, 6.07) is 10.2. The molecule has 2 amide bonds. The van der Waals surface area contributed by atoms with Crippen LogP contribution in [0.2, 0.25) is 0 Å². The molecule has 2 aromatic carbocycles. The van der Waals surface area contributed by atoms with Gasteiger partial charge in [0.25, 0.3) is 5.91 Å². The summed E-state index contributed by atoms with van der Waals surface area (Å²) in [6.45, 7) is 8.90. The minimum atomic E-state index is -3.66. The van der Waals surface area contributed by atoms with Gasteiger partial charge in [0, 0.05) is 17.3 Å². The van der Waals surface area contributed by atoms with Crippen LogP contribution < -0.4 is 20.1 Å². The van der Waals surface area contributed by atoms with E-state index in [0.717, 1.165) is 0 Å². The number of rotatable bonds is 8. The number of anilines is 2. The maximum Gasteiger partial charge on any atom is 0.412 e. The standard InChI is InChI=1S/C23H31N3O6S/c1-7-15(2)26-33(29,30)18-11-8-16(9-12-18)21(27)24-17-10-13-20(31-6)19(14-17)25-22(28)32-23(3,4)5/h8-15,26H,7H2,1-6H3,(H,24,27)(H,25,28). The highest BCUT2D eigenvalue weighted by Gasteiger charge is 2.19. The number of amides is 2. The molecule has 9 nitrogen and oxygen atoms in total. The molecule has 0 aliphatic heterocycles. The average molecular weight is 478 g/mol. The Morgan fingerprint density at radius 1 is 1.03 bits per heavy atom. The molecule has 10 heteroatoms. The number of carbonyl (C=O) groups excluding carboxylic acids is 2. The number of hydrogen-bond donors (Lipinski definition) is 3. The van der Waals surface area contributed by atoms with Crippen molar-refractivity contribution < 1.29 is 27.5 Å². The van der Waals surface area contributed by atoms with E-state index in [9.17, 15) is 18.0 Å². The molecule has 180 valence electrons. The third-order valence-electron chi connectivity index (χ3n) is 4.49. The van der Waals surface area contributed by atoms with Crippen LogP contribution >= 0.6 is 0 Å². The molecule has 0 spiro atoms. The van der Waals surface area contributed by atoms with E-state index in [-0.39, 0.29) is 16.5 Å². The summed E-state index contributed by atoms with van der Waals surface area (Å²) in [6.07, 6.45) is -0.00103. The Balaban J connectivity index is 2.15. The van der Waals surface area contributed by atoms with E-state index < -0.39 is 27.6 Å². The number of hydrogen-bond acceptors (Lipinski definition) is 6. The summed E-state index contributed by atoms with van der Waals surface area (Å²) < 4.78 is 37.8. The molecule has 1 unspecified atom stereocenters. The third kappa shape index (κ3) is 7.76. The Bertz CT molecular complexity index is 1090. The van der Waals surface area contributed by atoms with E-state index in [1.165, 1.54) is 37.4 Å². The fraction of sp³-hybridized carbons (Fsp3) is 0.391. The van der Waals surface area contributed by atoms with Crippen molar-refractivity contribution in [3.05, 3.63) is 48.0 Å². The van der Waals surface area contributed by atoms with Gasteiger partial charge in [0.1, 0.15) is 11.4 Å². The first-order valence-corrected chi connectivity index (χ1v) is 11.9. The third-order valence-corrected chi connectivity index (χ3v) is 6.09. The number of carbonyl (C=O) groups is 2. The van der Waals surface area contributed by atoms with E-state index in [1.807, 2.05) is 6.92 Å². The van der Waals surface area contributed by atoms with Crippen molar-refractivity contribution in [2.45, 2.75) is 57.6 Å². The molecule has 0 aromatic heterocycles. The van der Waals surface area contributed by atoms with Crippen LogP contribution in [0, 0.1) is 0 Å². The first kappa shape index (κ1) is 26.1. The minimum absolute atomic E-state index is 0.0765. The van der Waals surface area contributed by atoms with E-state index in [4.69, 9.17) is 9.47 Å². The zero-order valence-electron chi connectivity index (χ0n) is 19.7. The summed E-state index contributed by atoms with van der Waals surface area (Å²) in [5.74, 6) is -0.0514. The predicted molar refractivity (Wildman–Crippen MR) is 127 cm³/mol. The van der Waals surface area contributed by atoms with Crippen LogP contribution in [0.4, 0.5) is 16.2 Å². The van der Waals surface area contributed by atoms with Crippen molar-refractivity contribution in [1.29, 1.82) is 0 Å². The van der Waals surface area contributed by atoms with E-state index >= 15 is 0 Å².